The molecule has 8 nitrogen and oxygen atoms in total. The van der Waals surface area contributed by atoms with Crippen molar-refractivity contribution in [2.45, 2.75) is 39.3 Å². The summed E-state index contributed by atoms with van der Waals surface area (Å²) in [5, 5.41) is 25.4. The lowest BCUT2D eigenvalue weighted by molar-refractivity contribution is 0.0378. The molecule has 0 aromatic carbocycles. The van der Waals surface area contributed by atoms with Gasteiger partial charge in [0.05, 0.1) is 6.54 Å². The van der Waals surface area contributed by atoms with Crippen molar-refractivity contribution >= 4 is 17.7 Å². The van der Waals surface area contributed by atoms with Gasteiger partial charge in [0.15, 0.2) is 11.8 Å². The van der Waals surface area contributed by atoms with E-state index >= 15 is 0 Å². The fourth-order valence-corrected chi connectivity index (χ4v) is 2.84. The number of guanidine groups is 1. The van der Waals surface area contributed by atoms with Gasteiger partial charge in [0.1, 0.15) is 29.5 Å². The molecule has 150 valence electrons. The fourth-order valence-electron chi connectivity index (χ4n) is 2.40. The Bertz CT molecular complexity index is 753. The van der Waals surface area contributed by atoms with E-state index in [1.165, 1.54) is 0 Å². The van der Waals surface area contributed by atoms with Crippen LogP contribution in [0.5, 0.6) is 0 Å². The van der Waals surface area contributed by atoms with Crippen LogP contribution in [-0.4, -0.2) is 50.9 Å². The van der Waals surface area contributed by atoms with E-state index in [1.807, 2.05) is 43.3 Å². The van der Waals surface area contributed by atoms with Gasteiger partial charge in [-0.3, -0.25) is 0 Å². The summed E-state index contributed by atoms with van der Waals surface area (Å²) >= 11 is 1.81. The Balaban J connectivity index is 2.02. The Morgan fingerprint density at radius 2 is 2.11 bits per heavy atom. The number of hydrogen-bond donors (Lipinski definition) is 3. The molecule has 0 aliphatic carbocycles. The molecule has 0 radical (unpaired) electrons. The number of aliphatic imine (C=N–C) groups is 1. The van der Waals surface area contributed by atoms with E-state index < -0.39 is 5.60 Å². The van der Waals surface area contributed by atoms with Gasteiger partial charge in [-0.05, 0) is 51.3 Å². The summed E-state index contributed by atoms with van der Waals surface area (Å²) in [5.74, 6) is 4.63. The predicted octanol–water partition coefficient (Wildman–Crippen LogP) is 1.72. The Morgan fingerprint density at radius 3 is 2.70 bits per heavy atom. The number of aliphatic hydroxyl groups is 1. The van der Waals surface area contributed by atoms with Crippen LogP contribution in [0.3, 0.4) is 0 Å². The molecule has 3 N–H and O–H groups in total. The second-order valence-electron chi connectivity index (χ2n) is 6.70. The van der Waals surface area contributed by atoms with Crippen molar-refractivity contribution in [3.8, 4) is 0 Å². The molecule has 0 aliphatic heterocycles. The van der Waals surface area contributed by atoms with Gasteiger partial charge in [-0.15, -0.1) is 10.2 Å². The number of hydrogen-bond acceptors (Lipinski definition) is 6. The maximum absolute atomic E-state index is 10.7. The predicted molar refractivity (Wildman–Crippen MR) is 109 cm³/mol. The lowest BCUT2D eigenvalue weighted by Crippen LogP contribution is -2.44. The van der Waals surface area contributed by atoms with Crippen molar-refractivity contribution < 1.29 is 9.52 Å². The summed E-state index contributed by atoms with van der Waals surface area (Å²) in [4.78, 5) is 4.59. The highest BCUT2D eigenvalue weighted by Crippen LogP contribution is 2.21. The quantitative estimate of drug-likeness (QED) is 0.338. The molecule has 9 heteroatoms. The number of aromatic nitrogens is 3. The first-order valence-electron chi connectivity index (χ1n) is 8.99. The van der Waals surface area contributed by atoms with Gasteiger partial charge in [-0.25, -0.2) is 4.99 Å². The van der Waals surface area contributed by atoms with Crippen molar-refractivity contribution in [3.05, 3.63) is 35.3 Å². The second-order valence-corrected chi connectivity index (χ2v) is 7.68. The summed E-state index contributed by atoms with van der Waals surface area (Å²) in [5.41, 5.74) is -1.14. The minimum absolute atomic E-state index is 0.270. The van der Waals surface area contributed by atoms with Crippen LogP contribution in [0.15, 0.2) is 21.5 Å². The zero-order chi connectivity index (χ0) is 19.9. The van der Waals surface area contributed by atoms with Crippen molar-refractivity contribution in [2.75, 3.05) is 25.1 Å². The molecule has 0 aliphatic rings. The van der Waals surface area contributed by atoms with Gasteiger partial charge in [0.25, 0.3) is 0 Å². The van der Waals surface area contributed by atoms with E-state index in [1.54, 1.807) is 13.0 Å². The maximum atomic E-state index is 10.7. The average Bonchev–Trinajstić information content (AvgIpc) is 3.21. The summed E-state index contributed by atoms with van der Waals surface area (Å²) in [6.07, 6.45) is 3.12. The molecular weight excluding hydrogens is 364 g/mol. The minimum atomic E-state index is -1.14. The number of furan rings is 1. The molecule has 2 rings (SSSR count). The van der Waals surface area contributed by atoms with E-state index in [-0.39, 0.29) is 6.54 Å². The lowest BCUT2D eigenvalue weighted by atomic mass is 10.0. The molecule has 2 heterocycles. The van der Waals surface area contributed by atoms with Gasteiger partial charge in [-0.1, -0.05) is 0 Å². The summed E-state index contributed by atoms with van der Waals surface area (Å²) in [6, 6.07) is 3.64. The normalized spacial score (nSPS) is 14.2. The van der Waals surface area contributed by atoms with E-state index in [4.69, 9.17) is 4.42 Å². The third kappa shape index (κ3) is 6.28. The van der Waals surface area contributed by atoms with E-state index in [9.17, 15) is 5.11 Å². The molecule has 27 heavy (non-hydrogen) atoms. The highest BCUT2D eigenvalue weighted by atomic mass is 32.2. The zero-order valence-corrected chi connectivity index (χ0v) is 17.6. The fraction of sp³-hybridized carbons (Fsp3) is 0.611. The van der Waals surface area contributed by atoms with Crippen molar-refractivity contribution in [1.82, 2.24) is 25.4 Å². The Labute approximate surface area is 164 Å². The van der Waals surface area contributed by atoms with Crippen LogP contribution < -0.4 is 10.6 Å². The first kappa shape index (κ1) is 21.3. The summed E-state index contributed by atoms with van der Waals surface area (Å²) in [7, 11) is 1.92. The molecule has 1 unspecified atom stereocenters. The first-order chi connectivity index (χ1) is 12.8. The molecule has 0 bridgehead atoms. The van der Waals surface area contributed by atoms with Crippen molar-refractivity contribution in [2.24, 2.45) is 12.0 Å². The molecule has 0 saturated heterocycles. The second kappa shape index (κ2) is 9.80. The van der Waals surface area contributed by atoms with Crippen molar-refractivity contribution in [3.63, 3.8) is 0 Å². The van der Waals surface area contributed by atoms with Gasteiger partial charge in [0.2, 0.25) is 0 Å². The van der Waals surface area contributed by atoms with Gasteiger partial charge >= 0.3 is 0 Å². The van der Waals surface area contributed by atoms with Crippen LogP contribution in [0.1, 0.15) is 36.5 Å². The Kier molecular flexibility index (Phi) is 7.73. The number of rotatable bonds is 9. The van der Waals surface area contributed by atoms with E-state index in [0.717, 1.165) is 36.1 Å². The summed E-state index contributed by atoms with van der Waals surface area (Å²) < 4.78 is 7.48. The Morgan fingerprint density at radius 1 is 1.33 bits per heavy atom. The molecule has 0 fully saturated rings. The molecular formula is C18H30N6O2S. The molecule has 2 aromatic heterocycles. The monoisotopic (exact) mass is 394 g/mol. The number of nitrogens with one attached hydrogen (secondary N) is 2. The highest BCUT2D eigenvalue weighted by molar-refractivity contribution is 7.98. The van der Waals surface area contributed by atoms with Crippen LogP contribution >= 0.6 is 11.8 Å². The number of aryl methyl sites for hydroxylation is 2. The SMILES string of the molecule is CSCCCNC(=NCc1nnc(C)n1C)NCC(C)(O)c1ccc(C)o1. The molecule has 2 aromatic rings. The number of thioether (sulfide) groups is 1. The van der Waals surface area contributed by atoms with Crippen LogP contribution in [0.4, 0.5) is 0 Å². The van der Waals surface area contributed by atoms with Gasteiger partial charge in [0, 0.05) is 13.6 Å². The van der Waals surface area contributed by atoms with Crippen LogP contribution in [0.25, 0.3) is 0 Å². The topological polar surface area (TPSA) is 100 Å². The minimum Gasteiger partial charge on any atom is -0.463 e. The van der Waals surface area contributed by atoms with Gasteiger partial charge < -0.3 is 24.7 Å². The van der Waals surface area contributed by atoms with Crippen LogP contribution in [0.2, 0.25) is 0 Å². The lowest BCUT2D eigenvalue weighted by Gasteiger charge is -2.23. The van der Waals surface area contributed by atoms with E-state index in [2.05, 4.69) is 32.1 Å². The zero-order valence-electron chi connectivity index (χ0n) is 16.7. The molecule has 1 atom stereocenters. The highest BCUT2D eigenvalue weighted by Gasteiger charge is 2.27. The maximum Gasteiger partial charge on any atom is 0.191 e. The smallest absolute Gasteiger partial charge is 0.191 e. The van der Waals surface area contributed by atoms with E-state index in [0.29, 0.717) is 18.3 Å². The average molecular weight is 395 g/mol. The van der Waals surface area contributed by atoms with Crippen LogP contribution in [0, 0.1) is 13.8 Å². The van der Waals surface area contributed by atoms with Crippen LogP contribution in [-0.2, 0) is 19.2 Å². The largest absolute Gasteiger partial charge is 0.463 e. The molecule has 0 amide bonds. The first-order valence-corrected chi connectivity index (χ1v) is 10.4. The third-order valence-electron chi connectivity index (χ3n) is 4.25. The third-order valence-corrected chi connectivity index (χ3v) is 4.95. The van der Waals surface area contributed by atoms with Crippen molar-refractivity contribution in [1.29, 1.82) is 0 Å². The molecule has 0 spiro atoms. The summed E-state index contributed by atoms with van der Waals surface area (Å²) in [6.45, 7) is 6.95. The standard InChI is InChI=1S/C18H30N6O2S/c1-13-7-8-15(26-13)18(3,25)12-21-17(19-9-6-10-27-5)20-11-16-23-22-14(2)24(16)4/h7-8,25H,6,9-12H2,1-5H3,(H2,19,20,21). The van der Waals surface area contributed by atoms with Gasteiger partial charge in [-0.2, -0.15) is 11.8 Å². The Hall–Kier alpha value is -2.00. The number of nitrogens with zero attached hydrogens (tertiary/aromatic N) is 4. The molecule has 0 saturated carbocycles.